The van der Waals surface area contributed by atoms with Crippen molar-refractivity contribution < 1.29 is 9.18 Å². The SMILES string of the molecule is O=C(Nc1ccc(Br)cc1F)c1ccc(CN2CCCC2)cc1. The molecular formula is C18H18BrFN2O. The summed E-state index contributed by atoms with van der Waals surface area (Å²) in [4.78, 5) is 14.6. The fourth-order valence-corrected chi connectivity index (χ4v) is 3.08. The van der Waals surface area contributed by atoms with Gasteiger partial charge in [0.2, 0.25) is 0 Å². The van der Waals surface area contributed by atoms with Crippen LogP contribution >= 0.6 is 15.9 Å². The minimum atomic E-state index is -0.460. The summed E-state index contributed by atoms with van der Waals surface area (Å²) >= 11 is 3.19. The summed E-state index contributed by atoms with van der Waals surface area (Å²) in [5.74, 6) is -0.766. The quantitative estimate of drug-likeness (QED) is 0.855. The monoisotopic (exact) mass is 376 g/mol. The van der Waals surface area contributed by atoms with Crippen molar-refractivity contribution in [3.8, 4) is 0 Å². The molecule has 2 aromatic carbocycles. The Bertz CT molecular complexity index is 697. The van der Waals surface area contributed by atoms with Crippen molar-refractivity contribution in [1.82, 2.24) is 4.90 Å². The van der Waals surface area contributed by atoms with Gasteiger partial charge in [-0.3, -0.25) is 9.69 Å². The second kappa shape index (κ2) is 7.23. The first-order valence-electron chi connectivity index (χ1n) is 7.69. The average molecular weight is 377 g/mol. The third-order valence-electron chi connectivity index (χ3n) is 4.00. The van der Waals surface area contributed by atoms with Crippen molar-refractivity contribution in [3.05, 3.63) is 63.9 Å². The van der Waals surface area contributed by atoms with Crippen LogP contribution in [0.25, 0.3) is 0 Å². The smallest absolute Gasteiger partial charge is 0.255 e. The lowest BCUT2D eigenvalue weighted by Gasteiger charge is -2.14. The number of benzene rings is 2. The molecule has 5 heteroatoms. The molecule has 0 saturated carbocycles. The van der Waals surface area contributed by atoms with Crippen LogP contribution in [0.3, 0.4) is 0 Å². The van der Waals surface area contributed by atoms with Gasteiger partial charge in [0.1, 0.15) is 5.82 Å². The van der Waals surface area contributed by atoms with E-state index in [2.05, 4.69) is 26.1 Å². The first-order chi connectivity index (χ1) is 11.1. The number of amides is 1. The Hall–Kier alpha value is -1.72. The van der Waals surface area contributed by atoms with Crippen LogP contribution < -0.4 is 5.32 Å². The Balaban J connectivity index is 1.65. The largest absolute Gasteiger partial charge is 0.319 e. The highest BCUT2D eigenvalue weighted by atomic mass is 79.9. The Morgan fingerprint density at radius 1 is 1.13 bits per heavy atom. The molecule has 0 radical (unpaired) electrons. The number of rotatable bonds is 4. The molecule has 1 heterocycles. The number of anilines is 1. The highest BCUT2D eigenvalue weighted by Gasteiger charge is 2.13. The number of nitrogens with zero attached hydrogens (tertiary/aromatic N) is 1. The van der Waals surface area contributed by atoms with Crippen molar-refractivity contribution in [2.45, 2.75) is 19.4 Å². The Morgan fingerprint density at radius 3 is 2.48 bits per heavy atom. The predicted molar refractivity (Wildman–Crippen MR) is 93.0 cm³/mol. The van der Waals surface area contributed by atoms with Crippen molar-refractivity contribution in [2.75, 3.05) is 18.4 Å². The van der Waals surface area contributed by atoms with Gasteiger partial charge in [-0.2, -0.15) is 0 Å². The average Bonchev–Trinajstić information content (AvgIpc) is 3.04. The summed E-state index contributed by atoms with van der Waals surface area (Å²) in [6.07, 6.45) is 2.53. The molecule has 1 N–H and O–H groups in total. The van der Waals surface area contributed by atoms with E-state index in [1.165, 1.54) is 24.5 Å². The summed E-state index contributed by atoms with van der Waals surface area (Å²) in [6, 6.07) is 12.1. The van der Waals surface area contributed by atoms with Gasteiger partial charge in [0.05, 0.1) is 5.69 Å². The lowest BCUT2D eigenvalue weighted by molar-refractivity contribution is 0.102. The van der Waals surface area contributed by atoms with Gasteiger partial charge in [-0.05, 0) is 61.8 Å². The third-order valence-corrected chi connectivity index (χ3v) is 4.49. The number of carbonyl (C=O) groups is 1. The van der Waals surface area contributed by atoms with Crippen LogP contribution in [0.2, 0.25) is 0 Å². The van der Waals surface area contributed by atoms with Crippen LogP contribution in [0.4, 0.5) is 10.1 Å². The van der Waals surface area contributed by atoms with E-state index in [0.29, 0.717) is 10.0 Å². The summed E-state index contributed by atoms with van der Waals surface area (Å²) in [7, 11) is 0. The van der Waals surface area contributed by atoms with Crippen molar-refractivity contribution in [2.24, 2.45) is 0 Å². The third kappa shape index (κ3) is 4.18. The van der Waals surface area contributed by atoms with Gasteiger partial charge in [0.25, 0.3) is 5.91 Å². The number of nitrogens with one attached hydrogen (secondary N) is 1. The summed E-state index contributed by atoms with van der Waals surface area (Å²) < 4.78 is 14.4. The standard InChI is InChI=1S/C18H18BrFN2O/c19-15-7-8-17(16(20)11-15)21-18(23)14-5-3-13(4-6-14)12-22-9-1-2-10-22/h3-8,11H,1-2,9-10,12H2,(H,21,23). The van der Waals surface area contributed by atoms with Crippen molar-refractivity contribution >= 4 is 27.5 Å². The fraction of sp³-hybridized carbons (Fsp3) is 0.278. The molecule has 0 aliphatic carbocycles. The molecule has 120 valence electrons. The first-order valence-corrected chi connectivity index (χ1v) is 8.49. The summed E-state index contributed by atoms with van der Waals surface area (Å²) in [5, 5.41) is 2.60. The molecule has 23 heavy (non-hydrogen) atoms. The number of hydrogen-bond acceptors (Lipinski definition) is 2. The second-order valence-electron chi connectivity index (χ2n) is 5.76. The molecule has 1 amide bonds. The van der Waals surface area contributed by atoms with Crippen LogP contribution in [-0.4, -0.2) is 23.9 Å². The zero-order chi connectivity index (χ0) is 16.2. The van der Waals surface area contributed by atoms with E-state index in [4.69, 9.17) is 0 Å². The highest BCUT2D eigenvalue weighted by Crippen LogP contribution is 2.20. The number of hydrogen-bond donors (Lipinski definition) is 1. The molecule has 1 aliphatic heterocycles. The Morgan fingerprint density at radius 2 is 1.83 bits per heavy atom. The van der Waals surface area contributed by atoms with E-state index in [-0.39, 0.29) is 11.6 Å². The van der Waals surface area contributed by atoms with Crippen LogP contribution in [0.5, 0.6) is 0 Å². The van der Waals surface area contributed by atoms with Gasteiger partial charge in [-0.1, -0.05) is 28.1 Å². The van der Waals surface area contributed by atoms with E-state index in [0.717, 1.165) is 19.6 Å². The zero-order valence-electron chi connectivity index (χ0n) is 12.7. The molecule has 0 atom stereocenters. The number of carbonyl (C=O) groups excluding carboxylic acids is 1. The van der Waals surface area contributed by atoms with E-state index in [1.54, 1.807) is 24.3 Å². The van der Waals surface area contributed by atoms with Gasteiger partial charge >= 0.3 is 0 Å². The van der Waals surface area contributed by atoms with Gasteiger partial charge in [0, 0.05) is 16.6 Å². The van der Waals surface area contributed by atoms with Gasteiger partial charge in [-0.25, -0.2) is 4.39 Å². The molecule has 1 aliphatic rings. The molecule has 1 fully saturated rings. The molecule has 2 aromatic rings. The van der Waals surface area contributed by atoms with Crippen LogP contribution in [0.15, 0.2) is 46.9 Å². The zero-order valence-corrected chi connectivity index (χ0v) is 14.3. The van der Waals surface area contributed by atoms with E-state index in [9.17, 15) is 9.18 Å². The fourth-order valence-electron chi connectivity index (χ4n) is 2.75. The van der Waals surface area contributed by atoms with Crippen LogP contribution in [-0.2, 0) is 6.54 Å². The van der Waals surface area contributed by atoms with Gasteiger partial charge in [0.15, 0.2) is 0 Å². The number of likely N-dealkylation sites (tertiary alicyclic amines) is 1. The summed E-state index contributed by atoms with van der Waals surface area (Å²) in [6.45, 7) is 3.21. The Labute approximate surface area is 143 Å². The number of halogens is 2. The highest BCUT2D eigenvalue weighted by molar-refractivity contribution is 9.10. The van der Waals surface area contributed by atoms with Crippen molar-refractivity contribution in [3.63, 3.8) is 0 Å². The van der Waals surface area contributed by atoms with Gasteiger partial charge < -0.3 is 5.32 Å². The molecular weight excluding hydrogens is 359 g/mol. The molecule has 0 aromatic heterocycles. The topological polar surface area (TPSA) is 32.3 Å². The molecule has 0 bridgehead atoms. The first kappa shape index (κ1) is 16.1. The Kier molecular flexibility index (Phi) is 5.08. The lowest BCUT2D eigenvalue weighted by Crippen LogP contribution is -2.18. The van der Waals surface area contributed by atoms with E-state index in [1.807, 2.05) is 12.1 Å². The summed E-state index contributed by atoms with van der Waals surface area (Å²) in [5.41, 5.74) is 1.90. The maximum atomic E-state index is 13.8. The minimum Gasteiger partial charge on any atom is -0.319 e. The molecule has 3 rings (SSSR count). The van der Waals surface area contributed by atoms with Crippen molar-refractivity contribution in [1.29, 1.82) is 0 Å². The van der Waals surface area contributed by atoms with Crippen LogP contribution in [0.1, 0.15) is 28.8 Å². The van der Waals surface area contributed by atoms with Crippen LogP contribution in [0, 0.1) is 5.82 Å². The molecule has 1 saturated heterocycles. The van der Waals surface area contributed by atoms with Gasteiger partial charge in [-0.15, -0.1) is 0 Å². The maximum absolute atomic E-state index is 13.8. The van der Waals surface area contributed by atoms with E-state index < -0.39 is 5.82 Å². The molecule has 3 nitrogen and oxygen atoms in total. The molecule has 0 unspecified atom stereocenters. The normalized spacial score (nSPS) is 14.9. The van der Waals surface area contributed by atoms with E-state index >= 15 is 0 Å². The lowest BCUT2D eigenvalue weighted by atomic mass is 10.1. The maximum Gasteiger partial charge on any atom is 0.255 e. The second-order valence-corrected chi connectivity index (χ2v) is 6.67. The predicted octanol–water partition coefficient (Wildman–Crippen LogP) is 4.44. The molecule has 0 spiro atoms. The minimum absolute atomic E-state index is 0.180.